The highest BCUT2D eigenvalue weighted by Crippen LogP contribution is 2.13. The lowest BCUT2D eigenvalue weighted by molar-refractivity contribution is 0.392. The molecule has 0 aromatic carbocycles. The molecule has 1 aromatic heterocycles. The Hall–Kier alpha value is -1.52. The molecule has 0 bridgehead atoms. The highest BCUT2D eigenvalue weighted by molar-refractivity contribution is 5.80. The molecule has 18 heavy (non-hydrogen) atoms. The molecule has 2 N–H and O–H groups in total. The topological polar surface area (TPSA) is 62.5 Å². The second-order valence-corrected chi connectivity index (χ2v) is 5.37. The van der Waals surface area contributed by atoms with Crippen LogP contribution in [0.15, 0.2) is 9.52 Å². The second-order valence-electron chi connectivity index (χ2n) is 5.37. The average Bonchev–Trinajstić information content (AvgIpc) is 2.54. The molecule has 0 saturated carbocycles. The van der Waals surface area contributed by atoms with Crippen LogP contribution in [0.4, 0.5) is 0 Å². The number of guanidine groups is 1. The molecule has 1 heterocycles. The van der Waals surface area contributed by atoms with Gasteiger partial charge in [0.05, 0.1) is 12.2 Å². The van der Waals surface area contributed by atoms with Gasteiger partial charge in [0.15, 0.2) is 5.96 Å². The first-order chi connectivity index (χ1) is 8.33. The van der Waals surface area contributed by atoms with Crippen molar-refractivity contribution in [2.24, 2.45) is 4.99 Å². The van der Waals surface area contributed by atoms with Gasteiger partial charge in [-0.05, 0) is 41.5 Å². The van der Waals surface area contributed by atoms with Crippen LogP contribution in [0.1, 0.15) is 44.7 Å². The summed E-state index contributed by atoms with van der Waals surface area (Å²) in [4.78, 5) is 4.56. The van der Waals surface area contributed by atoms with Crippen LogP contribution in [0.2, 0.25) is 0 Å². The van der Waals surface area contributed by atoms with Gasteiger partial charge in [0.2, 0.25) is 0 Å². The van der Waals surface area contributed by atoms with E-state index in [1.165, 1.54) is 0 Å². The Bertz CT molecular complexity index is 396. The zero-order valence-corrected chi connectivity index (χ0v) is 12.2. The van der Waals surface area contributed by atoms with Crippen LogP contribution in [0.5, 0.6) is 0 Å². The number of aryl methyl sites for hydroxylation is 2. The number of hydrogen-bond donors (Lipinski definition) is 2. The first kappa shape index (κ1) is 14.5. The van der Waals surface area contributed by atoms with Crippen LogP contribution in [0, 0.1) is 13.8 Å². The van der Waals surface area contributed by atoms with Crippen molar-refractivity contribution in [1.82, 2.24) is 15.8 Å². The van der Waals surface area contributed by atoms with Crippen molar-refractivity contribution in [2.75, 3.05) is 6.54 Å². The molecular formula is C13H24N4O. The molecule has 0 amide bonds. The Balaban J connectivity index is 2.77. The highest BCUT2D eigenvalue weighted by atomic mass is 16.5. The lowest BCUT2D eigenvalue weighted by Crippen LogP contribution is -2.47. The molecular weight excluding hydrogens is 228 g/mol. The highest BCUT2D eigenvalue weighted by Gasteiger charge is 2.13. The molecule has 0 aliphatic carbocycles. The van der Waals surface area contributed by atoms with Crippen molar-refractivity contribution in [3.63, 3.8) is 0 Å². The molecule has 0 atom stereocenters. The number of nitrogens with zero attached hydrogens (tertiary/aromatic N) is 2. The third-order valence-corrected chi connectivity index (χ3v) is 2.41. The number of nitrogens with one attached hydrogen (secondary N) is 2. The van der Waals surface area contributed by atoms with Crippen LogP contribution in [0.25, 0.3) is 0 Å². The van der Waals surface area contributed by atoms with E-state index in [1.807, 2.05) is 13.8 Å². The van der Waals surface area contributed by atoms with Gasteiger partial charge in [0.25, 0.3) is 0 Å². The molecule has 5 nitrogen and oxygen atoms in total. The average molecular weight is 252 g/mol. The summed E-state index contributed by atoms with van der Waals surface area (Å²) in [6.07, 6.45) is 0. The van der Waals surface area contributed by atoms with Gasteiger partial charge in [-0.15, -0.1) is 0 Å². The Morgan fingerprint density at radius 1 is 1.33 bits per heavy atom. The van der Waals surface area contributed by atoms with E-state index in [1.54, 1.807) is 0 Å². The summed E-state index contributed by atoms with van der Waals surface area (Å²) in [5, 5.41) is 10.5. The van der Waals surface area contributed by atoms with Gasteiger partial charge < -0.3 is 15.2 Å². The molecule has 1 rings (SSSR count). The fraction of sp³-hybridized carbons (Fsp3) is 0.692. The first-order valence-corrected chi connectivity index (χ1v) is 6.31. The number of aliphatic imine (C=N–C) groups is 1. The van der Waals surface area contributed by atoms with Crippen molar-refractivity contribution in [1.29, 1.82) is 0 Å². The predicted octanol–water partition coefficient (Wildman–Crippen LogP) is 2.15. The maximum Gasteiger partial charge on any atom is 0.191 e. The molecule has 0 spiro atoms. The molecule has 5 heteroatoms. The zero-order chi connectivity index (χ0) is 13.8. The van der Waals surface area contributed by atoms with Crippen LogP contribution in [0.3, 0.4) is 0 Å². The third kappa shape index (κ3) is 4.39. The number of hydrogen-bond acceptors (Lipinski definition) is 3. The van der Waals surface area contributed by atoms with Crippen molar-refractivity contribution >= 4 is 5.96 Å². The molecule has 0 radical (unpaired) electrons. The monoisotopic (exact) mass is 252 g/mol. The van der Waals surface area contributed by atoms with Gasteiger partial charge >= 0.3 is 0 Å². The smallest absolute Gasteiger partial charge is 0.191 e. The number of rotatable bonds is 3. The van der Waals surface area contributed by atoms with E-state index < -0.39 is 0 Å². The Morgan fingerprint density at radius 3 is 2.44 bits per heavy atom. The Labute approximate surface area is 109 Å². The molecule has 0 aliphatic heterocycles. The van der Waals surface area contributed by atoms with Crippen molar-refractivity contribution < 1.29 is 4.52 Å². The fourth-order valence-corrected chi connectivity index (χ4v) is 1.55. The summed E-state index contributed by atoms with van der Waals surface area (Å²) in [6.45, 7) is 13.6. The van der Waals surface area contributed by atoms with E-state index >= 15 is 0 Å². The normalized spacial score (nSPS) is 12.7. The van der Waals surface area contributed by atoms with Gasteiger partial charge in [-0.25, -0.2) is 4.99 Å². The van der Waals surface area contributed by atoms with Gasteiger partial charge in [0.1, 0.15) is 5.76 Å². The molecule has 0 unspecified atom stereocenters. The summed E-state index contributed by atoms with van der Waals surface area (Å²) in [5.74, 6) is 1.65. The van der Waals surface area contributed by atoms with E-state index in [-0.39, 0.29) is 5.54 Å². The molecule has 0 aliphatic rings. The maximum absolute atomic E-state index is 5.13. The number of aromatic nitrogens is 1. The van der Waals surface area contributed by atoms with E-state index in [9.17, 15) is 0 Å². The Kier molecular flexibility index (Phi) is 4.76. The summed E-state index contributed by atoms with van der Waals surface area (Å²) >= 11 is 0. The van der Waals surface area contributed by atoms with Gasteiger partial charge in [-0.2, -0.15) is 0 Å². The minimum Gasteiger partial charge on any atom is -0.361 e. The Morgan fingerprint density at radius 2 is 2.00 bits per heavy atom. The zero-order valence-electron chi connectivity index (χ0n) is 12.2. The summed E-state index contributed by atoms with van der Waals surface area (Å²) in [5.41, 5.74) is 1.95. The SMILES string of the molecule is CCNC(=NCc1c(C)noc1C)NC(C)(C)C. The van der Waals surface area contributed by atoms with E-state index in [2.05, 4.69) is 48.5 Å². The van der Waals surface area contributed by atoms with Crippen molar-refractivity contribution in [3.8, 4) is 0 Å². The second kappa shape index (κ2) is 5.89. The van der Waals surface area contributed by atoms with Crippen molar-refractivity contribution in [2.45, 2.75) is 53.6 Å². The van der Waals surface area contributed by atoms with Crippen molar-refractivity contribution in [3.05, 3.63) is 17.0 Å². The van der Waals surface area contributed by atoms with Gasteiger partial charge in [-0.1, -0.05) is 5.16 Å². The summed E-state index contributed by atoms with van der Waals surface area (Å²) in [6, 6.07) is 0. The molecule has 102 valence electrons. The fourth-order valence-electron chi connectivity index (χ4n) is 1.55. The summed E-state index contributed by atoms with van der Waals surface area (Å²) < 4.78 is 5.13. The third-order valence-electron chi connectivity index (χ3n) is 2.41. The maximum atomic E-state index is 5.13. The first-order valence-electron chi connectivity index (χ1n) is 6.31. The predicted molar refractivity (Wildman–Crippen MR) is 73.7 cm³/mol. The standard InChI is InChI=1S/C13H24N4O/c1-7-14-12(16-13(4,5)6)15-8-11-9(2)17-18-10(11)3/h7-8H2,1-6H3,(H2,14,15,16). The molecule has 0 saturated heterocycles. The van der Waals surface area contributed by atoms with E-state index in [0.717, 1.165) is 29.5 Å². The molecule has 0 fully saturated rings. The van der Waals surface area contributed by atoms with Crippen LogP contribution in [-0.4, -0.2) is 23.2 Å². The van der Waals surface area contributed by atoms with Gasteiger partial charge in [0, 0.05) is 17.6 Å². The van der Waals surface area contributed by atoms with Gasteiger partial charge in [-0.3, -0.25) is 0 Å². The molecule has 1 aromatic rings. The van der Waals surface area contributed by atoms with E-state index in [0.29, 0.717) is 6.54 Å². The lowest BCUT2D eigenvalue weighted by Gasteiger charge is -2.23. The van der Waals surface area contributed by atoms with Crippen LogP contribution >= 0.6 is 0 Å². The largest absolute Gasteiger partial charge is 0.361 e. The van der Waals surface area contributed by atoms with E-state index in [4.69, 9.17) is 4.52 Å². The lowest BCUT2D eigenvalue weighted by atomic mass is 10.1. The minimum absolute atomic E-state index is 0.0141. The summed E-state index contributed by atoms with van der Waals surface area (Å²) in [7, 11) is 0. The minimum atomic E-state index is -0.0141. The van der Waals surface area contributed by atoms with Crippen LogP contribution < -0.4 is 10.6 Å². The quantitative estimate of drug-likeness (QED) is 0.639. The van der Waals surface area contributed by atoms with Crippen LogP contribution in [-0.2, 0) is 6.54 Å².